The Kier molecular flexibility index (Phi) is 5.40. The Morgan fingerprint density at radius 1 is 1.33 bits per heavy atom. The minimum absolute atomic E-state index is 0.103. The van der Waals surface area contributed by atoms with Crippen LogP contribution in [0.1, 0.15) is 26.3 Å². The molecule has 0 heterocycles. The highest BCUT2D eigenvalue weighted by Crippen LogP contribution is 2.14. The van der Waals surface area contributed by atoms with Crippen molar-refractivity contribution in [1.82, 2.24) is 10.4 Å². The molecule has 0 spiro atoms. The van der Waals surface area contributed by atoms with E-state index in [4.69, 9.17) is 15.2 Å². The third-order valence-electron chi connectivity index (χ3n) is 2.37. The highest BCUT2D eigenvalue weighted by Gasteiger charge is 2.20. The predicted molar refractivity (Wildman–Crippen MR) is 77.5 cm³/mol. The van der Waals surface area contributed by atoms with Gasteiger partial charge in [0.1, 0.15) is 11.4 Å². The van der Waals surface area contributed by atoms with Crippen molar-refractivity contribution in [3.8, 4) is 5.75 Å². The summed E-state index contributed by atoms with van der Waals surface area (Å²) in [6.07, 6.45) is -0.746. The van der Waals surface area contributed by atoms with Crippen LogP contribution in [0.4, 0.5) is 9.59 Å². The molecule has 0 saturated carbocycles. The van der Waals surface area contributed by atoms with Crippen LogP contribution < -0.4 is 15.9 Å². The van der Waals surface area contributed by atoms with Crippen LogP contribution in [0.25, 0.3) is 0 Å². The number of carbonyl (C=O) groups excluding carboxylic acids is 2. The van der Waals surface area contributed by atoms with Crippen LogP contribution in [0.5, 0.6) is 5.75 Å². The van der Waals surface area contributed by atoms with Gasteiger partial charge in [-0.15, -0.1) is 0 Å². The summed E-state index contributed by atoms with van der Waals surface area (Å²) >= 11 is 0. The van der Waals surface area contributed by atoms with Crippen molar-refractivity contribution in [1.29, 1.82) is 0 Å². The van der Waals surface area contributed by atoms with Gasteiger partial charge in [0, 0.05) is 0 Å². The van der Waals surface area contributed by atoms with Crippen molar-refractivity contribution in [2.75, 3.05) is 7.11 Å². The molecule has 1 aromatic carbocycles. The molecule has 3 N–H and O–H groups in total. The first-order chi connectivity index (χ1) is 9.71. The number of methoxy groups -OCH3 is 1. The van der Waals surface area contributed by atoms with E-state index in [0.717, 1.165) is 10.6 Å². The Balaban J connectivity index is 2.74. The number of benzene rings is 1. The summed E-state index contributed by atoms with van der Waals surface area (Å²) in [6, 6.07) is 6.30. The molecule has 0 unspecified atom stereocenters. The summed E-state index contributed by atoms with van der Waals surface area (Å²) in [5, 5.41) is 0.975. The van der Waals surface area contributed by atoms with Gasteiger partial charge in [-0.3, -0.25) is 0 Å². The Hall–Kier alpha value is -2.44. The second-order valence-corrected chi connectivity index (χ2v) is 5.39. The van der Waals surface area contributed by atoms with Gasteiger partial charge in [0.25, 0.3) is 0 Å². The molecule has 7 nitrogen and oxygen atoms in total. The lowest BCUT2D eigenvalue weighted by atomic mass is 10.2. The fraction of sp³-hybridized carbons (Fsp3) is 0.429. The molecule has 3 amide bonds. The maximum absolute atomic E-state index is 11.7. The average molecular weight is 295 g/mol. The Bertz CT molecular complexity index is 511. The van der Waals surface area contributed by atoms with Crippen molar-refractivity contribution in [3.05, 3.63) is 29.8 Å². The zero-order valence-electron chi connectivity index (χ0n) is 12.7. The van der Waals surface area contributed by atoms with E-state index in [2.05, 4.69) is 5.43 Å². The van der Waals surface area contributed by atoms with Crippen LogP contribution >= 0.6 is 0 Å². The number of nitrogens with zero attached hydrogens (tertiary/aromatic N) is 1. The molecule has 0 aliphatic rings. The van der Waals surface area contributed by atoms with Crippen molar-refractivity contribution >= 4 is 12.1 Å². The van der Waals surface area contributed by atoms with Crippen molar-refractivity contribution < 1.29 is 19.1 Å². The van der Waals surface area contributed by atoms with Crippen LogP contribution in [0, 0.1) is 0 Å². The van der Waals surface area contributed by atoms with E-state index < -0.39 is 17.7 Å². The maximum Gasteiger partial charge on any atom is 0.426 e. The Morgan fingerprint density at radius 3 is 2.52 bits per heavy atom. The monoisotopic (exact) mass is 295 g/mol. The topological polar surface area (TPSA) is 93.9 Å². The maximum atomic E-state index is 11.7. The van der Waals surface area contributed by atoms with E-state index in [1.807, 2.05) is 0 Å². The summed E-state index contributed by atoms with van der Waals surface area (Å²) in [5.41, 5.74) is 7.66. The number of carbonyl (C=O) groups is 2. The largest absolute Gasteiger partial charge is 0.497 e. The minimum Gasteiger partial charge on any atom is -0.497 e. The predicted octanol–water partition coefficient (Wildman–Crippen LogP) is 2.02. The van der Waals surface area contributed by atoms with E-state index in [1.54, 1.807) is 52.1 Å². The molecule has 0 aliphatic heterocycles. The molecule has 116 valence electrons. The van der Waals surface area contributed by atoms with Crippen LogP contribution in [0.2, 0.25) is 0 Å². The summed E-state index contributed by atoms with van der Waals surface area (Å²) in [7, 11) is 1.55. The molecular formula is C14H21N3O4. The highest BCUT2D eigenvalue weighted by atomic mass is 16.6. The lowest BCUT2D eigenvalue weighted by Gasteiger charge is -2.25. The molecule has 7 heteroatoms. The molecule has 0 saturated heterocycles. The van der Waals surface area contributed by atoms with Crippen molar-refractivity contribution in [2.45, 2.75) is 32.9 Å². The average Bonchev–Trinajstić information content (AvgIpc) is 2.36. The van der Waals surface area contributed by atoms with Crippen molar-refractivity contribution in [2.24, 2.45) is 5.73 Å². The molecule has 0 aliphatic carbocycles. The van der Waals surface area contributed by atoms with Gasteiger partial charge >= 0.3 is 12.1 Å². The first-order valence-corrected chi connectivity index (χ1v) is 6.41. The second kappa shape index (κ2) is 6.83. The normalized spacial score (nSPS) is 10.7. The number of primary amides is 1. The number of urea groups is 1. The van der Waals surface area contributed by atoms with Crippen LogP contribution in [-0.2, 0) is 11.3 Å². The number of hydrogen-bond acceptors (Lipinski definition) is 4. The Morgan fingerprint density at radius 2 is 2.00 bits per heavy atom. The molecule has 0 fully saturated rings. The zero-order valence-corrected chi connectivity index (χ0v) is 12.7. The van der Waals surface area contributed by atoms with E-state index in [1.165, 1.54) is 0 Å². The highest BCUT2D eigenvalue weighted by molar-refractivity contribution is 5.76. The van der Waals surface area contributed by atoms with Crippen molar-refractivity contribution in [3.63, 3.8) is 0 Å². The molecule has 0 bridgehead atoms. The van der Waals surface area contributed by atoms with Gasteiger partial charge in [-0.05, 0) is 38.5 Å². The number of nitrogens with one attached hydrogen (secondary N) is 1. The van der Waals surface area contributed by atoms with E-state index in [0.29, 0.717) is 5.75 Å². The van der Waals surface area contributed by atoms with E-state index >= 15 is 0 Å². The smallest absolute Gasteiger partial charge is 0.426 e. The molecule has 0 aromatic heterocycles. The lowest BCUT2D eigenvalue weighted by Crippen LogP contribution is -2.49. The number of nitrogens with two attached hydrogens (primary N) is 1. The summed E-state index contributed by atoms with van der Waals surface area (Å²) in [4.78, 5) is 23.1. The minimum atomic E-state index is -0.788. The first-order valence-electron chi connectivity index (χ1n) is 6.41. The standard InChI is InChI=1S/C14H21N3O4/c1-14(2,3)21-13(19)16-17(12(15)18)9-10-6-5-7-11(8-10)20-4/h5-8H,9H2,1-4H3,(H2,15,18)(H,16,19). The van der Waals surface area contributed by atoms with Gasteiger partial charge in [-0.1, -0.05) is 12.1 Å². The van der Waals surface area contributed by atoms with Gasteiger partial charge in [-0.2, -0.15) is 0 Å². The quantitative estimate of drug-likeness (QED) is 0.834. The summed E-state index contributed by atoms with van der Waals surface area (Å²) in [6.45, 7) is 5.28. The molecule has 1 rings (SSSR count). The second-order valence-electron chi connectivity index (χ2n) is 5.39. The number of ether oxygens (including phenoxy) is 2. The zero-order chi connectivity index (χ0) is 16.0. The summed E-state index contributed by atoms with van der Waals surface area (Å²) < 4.78 is 10.2. The van der Waals surface area contributed by atoms with Crippen LogP contribution in [0.15, 0.2) is 24.3 Å². The third-order valence-corrected chi connectivity index (χ3v) is 2.37. The fourth-order valence-electron chi connectivity index (χ4n) is 1.54. The summed E-state index contributed by atoms with van der Waals surface area (Å²) in [5.74, 6) is 0.647. The molecular weight excluding hydrogens is 274 g/mol. The third kappa shape index (κ3) is 6.03. The van der Waals surface area contributed by atoms with E-state index in [-0.39, 0.29) is 6.54 Å². The number of amides is 3. The van der Waals surface area contributed by atoms with Gasteiger partial charge in [-0.25, -0.2) is 20.0 Å². The van der Waals surface area contributed by atoms with Crippen LogP contribution in [-0.4, -0.2) is 29.8 Å². The van der Waals surface area contributed by atoms with Gasteiger partial charge in [0.05, 0.1) is 13.7 Å². The Labute approximate surface area is 124 Å². The molecule has 21 heavy (non-hydrogen) atoms. The number of hydrogen-bond donors (Lipinski definition) is 2. The molecule has 0 radical (unpaired) electrons. The van der Waals surface area contributed by atoms with Gasteiger partial charge in [0.15, 0.2) is 0 Å². The van der Waals surface area contributed by atoms with Gasteiger partial charge < -0.3 is 15.2 Å². The number of rotatable bonds is 3. The molecule has 0 atom stereocenters. The number of hydrazine groups is 1. The first kappa shape index (κ1) is 16.6. The fourth-order valence-corrected chi connectivity index (χ4v) is 1.54. The lowest BCUT2D eigenvalue weighted by molar-refractivity contribution is 0.0375. The van der Waals surface area contributed by atoms with Crippen LogP contribution in [0.3, 0.4) is 0 Å². The molecule has 1 aromatic rings. The van der Waals surface area contributed by atoms with E-state index in [9.17, 15) is 9.59 Å². The van der Waals surface area contributed by atoms with Gasteiger partial charge in [0.2, 0.25) is 0 Å². The SMILES string of the molecule is COc1cccc(CN(NC(=O)OC(C)(C)C)C(N)=O)c1.